The minimum Gasteiger partial charge on any atom is -0.379 e. The minimum absolute atomic E-state index is 0.680. The lowest BCUT2D eigenvalue weighted by atomic mass is 10.3. The fourth-order valence-corrected chi connectivity index (χ4v) is 2.68. The van der Waals surface area contributed by atoms with Crippen molar-refractivity contribution in [3.63, 3.8) is 0 Å². The van der Waals surface area contributed by atoms with Crippen molar-refractivity contribution in [2.75, 3.05) is 5.32 Å². The molecule has 1 aromatic heterocycles. The van der Waals surface area contributed by atoms with Crippen molar-refractivity contribution in [3.8, 4) is 6.07 Å². The van der Waals surface area contributed by atoms with E-state index in [2.05, 4.69) is 27.3 Å². The van der Waals surface area contributed by atoms with Crippen LogP contribution < -0.4 is 5.32 Å². The number of hydrogen-bond acceptors (Lipinski definition) is 3. The number of nitrogens with zero attached hydrogens (tertiary/aromatic N) is 1. The maximum Gasteiger partial charge on any atom is 0.100 e. The van der Waals surface area contributed by atoms with Gasteiger partial charge in [-0.3, -0.25) is 0 Å². The number of anilines is 1. The van der Waals surface area contributed by atoms with Crippen molar-refractivity contribution >= 4 is 44.6 Å². The van der Waals surface area contributed by atoms with Crippen LogP contribution in [0.2, 0.25) is 5.02 Å². The Hall–Kier alpha value is -1.02. The molecule has 1 aromatic carbocycles. The van der Waals surface area contributed by atoms with Gasteiger partial charge in [0.05, 0.1) is 20.7 Å². The first-order valence-electron chi connectivity index (χ1n) is 4.86. The summed E-state index contributed by atoms with van der Waals surface area (Å²) in [5.41, 5.74) is 1.65. The molecule has 0 unspecified atom stereocenters. The number of halogens is 2. The average Bonchev–Trinajstić information content (AvgIpc) is 2.79. The quantitative estimate of drug-likeness (QED) is 0.891. The predicted molar refractivity (Wildman–Crippen MR) is 75.5 cm³/mol. The third-order valence-corrected chi connectivity index (χ3v) is 4.52. The Morgan fingerprint density at radius 1 is 1.47 bits per heavy atom. The highest BCUT2D eigenvalue weighted by molar-refractivity contribution is 9.10. The van der Waals surface area contributed by atoms with Crippen LogP contribution in [-0.2, 0) is 6.54 Å². The van der Waals surface area contributed by atoms with E-state index in [1.807, 2.05) is 29.6 Å². The van der Waals surface area contributed by atoms with Crippen LogP contribution in [-0.4, -0.2) is 0 Å². The molecule has 0 fully saturated rings. The molecule has 1 heterocycles. The lowest BCUT2D eigenvalue weighted by Crippen LogP contribution is -1.98. The SMILES string of the molecule is N#Cc1csc(CNc2cccc(Cl)c2Br)c1. The van der Waals surface area contributed by atoms with Gasteiger partial charge in [0.2, 0.25) is 0 Å². The summed E-state index contributed by atoms with van der Waals surface area (Å²) in [5.74, 6) is 0. The largest absolute Gasteiger partial charge is 0.379 e. The molecule has 86 valence electrons. The van der Waals surface area contributed by atoms with Crippen molar-refractivity contribution in [2.45, 2.75) is 6.54 Å². The first-order chi connectivity index (χ1) is 8.20. The van der Waals surface area contributed by atoms with Gasteiger partial charge >= 0.3 is 0 Å². The normalized spacial score (nSPS) is 9.94. The standard InChI is InChI=1S/C12H8BrClN2S/c13-12-10(14)2-1-3-11(12)16-6-9-4-8(5-15)7-17-9/h1-4,7,16H,6H2. The summed E-state index contributed by atoms with van der Waals surface area (Å²) in [5, 5.41) is 14.5. The van der Waals surface area contributed by atoms with E-state index >= 15 is 0 Å². The van der Waals surface area contributed by atoms with Crippen molar-refractivity contribution < 1.29 is 0 Å². The predicted octanol–water partition coefficient (Wildman–Crippen LogP) is 4.65. The van der Waals surface area contributed by atoms with Gasteiger partial charge in [-0.25, -0.2) is 0 Å². The number of nitrogens with one attached hydrogen (secondary N) is 1. The molecule has 17 heavy (non-hydrogen) atoms. The monoisotopic (exact) mass is 326 g/mol. The van der Waals surface area contributed by atoms with Crippen LogP contribution in [0, 0.1) is 11.3 Å². The molecule has 5 heteroatoms. The van der Waals surface area contributed by atoms with E-state index in [1.54, 1.807) is 11.3 Å². The maximum atomic E-state index is 8.73. The molecule has 2 rings (SSSR count). The van der Waals surface area contributed by atoms with Gasteiger partial charge in [-0.1, -0.05) is 17.7 Å². The molecule has 0 atom stereocenters. The van der Waals surface area contributed by atoms with Crippen molar-refractivity contribution in [1.82, 2.24) is 0 Å². The van der Waals surface area contributed by atoms with Gasteiger partial charge in [0.1, 0.15) is 6.07 Å². The van der Waals surface area contributed by atoms with Crippen LogP contribution in [0.15, 0.2) is 34.1 Å². The number of nitriles is 1. The van der Waals surface area contributed by atoms with Crippen molar-refractivity contribution in [3.05, 3.63) is 49.6 Å². The summed E-state index contributed by atoms with van der Waals surface area (Å²) >= 11 is 11.0. The molecule has 0 saturated heterocycles. The summed E-state index contributed by atoms with van der Waals surface area (Å²) in [6.07, 6.45) is 0. The van der Waals surface area contributed by atoms with E-state index in [0.717, 1.165) is 15.0 Å². The molecule has 2 nitrogen and oxygen atoms in total. The number of benzene rings is 1. The fraction of sp³-hybridized carbons (Fsp3) is 0.0833. The van der Waals surface area contributed by atoms with Gasteiger partial charge in [0.15, 0.2) is 0 Å². The zero-order chi connectivity index (χ0) is 12.3. The molecule has 0 bridgehead atoms. The molecular formula is C12H8BrClN2S. The van der Waals surface area contributed by atoms with Crippen molar-refractivity contribution in [2.24, 2.45) is 0 Å². The van der Waals surface area contributed by atoms with Gasteiger partial charge in [-0.05, 0) is 34.1 Å². The highest BCUT2D eigenvalue weighted by Crippen LogP contribution is 2.30. The van der Waals surface area contributed by atoms with Crippen LogP contribution in [0.3, 0.4) is 0 Å². The fourth-order valence-electron chi connectivity index (χ4n) is 1.35. The van der Waals surface area contributed by atoms with E-state index in [9.17, 15) is 0 Å². The third kappa shape index (κ3) is 3.01. The molecule has 0 spiro atoms. The van der Waals surface area contributed by atoms with Gasteiger partial charge in [-0.2, -0.15) is 5.26 Å². The Balaban J connectivity index is 2.07. The number of hydrogen-bond donors (Lipinski definition) is 1. The van der Waals surface area contributed by atoms with E-state index in [-0.39, 0.29) is 0 Å². The molecular weight excluding hydrogens is 320 g/mol. The molecule has 0 aliphatic heterocycles. The zero-order valence-electron chi connectivity index (χ0n) is 8.71. The van der Waals surface area contributed by atoms with Crippen LogP contribution in [0.1, 0.15) is 10.4 Å². The molecule has 1 N–H and O–H groups in total. The Labute approximate surface area is 117 Å². The smallest absolute Gasteiger partial charge is 0.100 e. The Morgan fingerprint density at radius 2 is 2.29 bits per heavy atom. The van der Waals surface area contributed by atoms with E-state index in [4.69, 9.17) is 16.9 Å². The van der Waals surface area contributed by atoms with Crippen LogP contribution in [0.4, 0.5) is 5.69 Å². The van der Waals surface area contributed by atoms with Crippen molar-refractivity contribution in [1.29, 1.82) is 5.26 Å². The summed E-state index contributed by atoms with van der Waals surface area (Å²) < 4.78 is 0.860. The van der Waals surface area contributed by atoms with Crippen LogP contribution in [0.5, 0.6) is 0 Å². The van der Waals surface area contributed by atoms with E-state index in [1.165, 1.54) is 0 Å². The zero-order valence-corrected chi connectivity index (χ0v) is 11.9. The summed E-state index contributed by atoms with van der Waals surface area (Å²) in [7, 11) is 0. The van der Waals surface area contributed by atoms with E-state index < -0.39 is 0 Å². The van der Waals surface area contributed by atoms with Crippen LogP contribution >= 0.6 is 38.9 Å². The summed E-state index contributed by atoms with van der Waals surface area (Å²) in [6.45, 7) is 0.686. The summed E-state index contributed by atoms with van der Waals surface area (Å²) in [6, 6.07) is 9.68. The Morgan fingerprint density at radius 3 is 3.00 bits per heavy atom. The second-order valence-corrected chi connectivity index (χ2v) is 5.56. The number of rotatable bonds is 3. The van der Waals surface area contributed by atoms with Gasteiger partial charge in [-0.15, -0.1) is 11.3 Å². The lowest BCUT2D eigenvalue weighted by molar-refractivity contribution is 1.19. The average molecular weight is 328 g/mol. The van der Waals surface area contributed by atoms with Gasteiger partial charge < -0.3 is 5.32 Å². The molecule has 2 aromatic rings. The van der Waals surface area contributed by atoms with Gasteiger partial charge in [0, 0.05) is 16.8 Å². The second-order valence-electron chi connectivity index (χ2n) is 3.37. The van der Waals surface area contributed by atoms with Crippen LogP contribution in [0.25, 0.3) is 0 Å². The minimum atomic E-state index is 0.680. The maximum absolute atomic E-state index is 8.73. The first kappa shape index (κ1) is 12.4. The highest BCUT2D eigenvalue weighted by atomic mass is 79.9. The highest BCUT2D eigenvalue weighted by Gasteiger charge is 2.04. The van der Waals surface area contributed by atoms with Gasteiger partial charge in [0.25, 0.3) is 0 Å². The lowest BCUT2D eigenvalue weighted by Gasteiger charge is -2.08. The second kappa shape index (κ2) is 5.54. The Kier molecular flexibility index (Phi) is 4.06. The van der Waals surface area contributed by atoms with E-state index in [0.29, 0.717) is 17.1 Å². The molecule has 0 aliphatic carbocycles. The topological polar surface area (TPSA) is 35.8 Å². The molecule has 0 aliphatic rings. The molecule has 0 saturated carbocycles. The molecule has 0 amide bonds. The summed E-state index contributed by atoms with van der Waals surface area (Å²) in [4.78, 5) is 1.12. The third-order valence-electron chi connectivity index (χ3n) is 2.19. The Bertz CT molecular complexity index is 574. The number of thiophene rings is 1. The molecule has 0 radical (unpaired) electrons. The first-order valence-corrected chi connectivity index (χ1v) is 6.91.